The van der Waals surface area contributed by atoms with Crippen molar-refractivity contribution in [3.05, 3.63) is 48.3 Å². The Hall–Kier alpha value is -2.25. The molecule has 0 bridgehead atoms. The van der Waals surface area contributed by atoms with Crippen molar-refractivity contribution in [2.24, 2.45) is 0 Å². The molecule has 0 aliphatic rings. The number of pyridine rings is 1. The molecule has 1 atom stereocenters. The third-order valence-corrected chi connectivity index (χ3v) is 3.18. The van der Waals surface area contributed by atoms with Gasteiger partial charge in [0, 0.05) is 6.20 Å². The zero-order chi connectivity index (χ0) is 14.5. The number of hydrogen-bond donors (Lipinski definition) is 2. The van der Waals surface area contributed by atoms with Crippen LogP contribution in [0.1, 0.15) is 10.5 Å². The number of nitrogens with zero attached hydrogens (tertiary/aromatic N) is 1. The molecule has 1 heterocycles. The molecular formula is C13H12N2O4S. The largest absolute Gasteiger partial charge is 0.495 e. The van der Waals surface area contributed by atoms with E-state index in [0.29, 0.717) is 11.4 Å². The summed E-state index contributed by atoms with van der Waals surface area (Å²) in [6.07, 6.45) is 1.51. The molecule has 0 saturated heterocycles. The van der Waals surface area contributed by atoms with E-state index >= 15 is 0 Å². The topological polar surface area (TPSA) is 88.5 Å². The quantitative estimate of drug-likeness (QED) is 0.840. The molecule has 6 nitrogen and oxygen atoms in total. The minimum atomic E-state index is -2.13. The molecule has 1 unspecified atom stereocenters. The molecule has 0 aliphatic carbocycles. The fourth-order valence-corrected chi connectivity index (χ4v) is 1.98. The van der Waals surface area contributed by atoms with Crippen molar-refractivity contribution < 1.29 is 18.3 Å². The maximum atomic E-state index is 12.0. The summed E-state index contributed by atoms with van der Waals surface area (Å²) >= 11 is -2.13. The van der Waals surface area contributed by atoms with Crippen molar-refractivity contribution in [2.45, 2.75) is 4.90 Å². The van der Waals surface area contributed by atoms with E-state index in [-0.39, 0.29) is 10.6 Å². The second-order valence-corrected chi connectivity index (χ2v) is 4.75. The highest BCUT2D eigenvalue weighted by Crippen LogP contribution is 2.27. The number of aromatic nitrogens is 1. The molecule has 2 aromatic rings. The Morgan fingerprint density at radius 1 is 1.35 bits per heavy atom. The number of rotatable bonds is 4. The molecule has 0 fully saturated rings. The van der Waals surface area contributed by atoms with E-state index in [1.807, 2.05) is 0 Å². The van der Waals surface area contributed by atoms with E-state index in [0.717, 1.165) is 0 Å². The fourth-order valence-electron chi connectivity index (χ4n) is 1.58. The summed E-state index contributed by atoms with van der Waals surface area (Å²) in [6.45, 7) is 0. The van der Waals surface area contributed by atoms with Gasteiger partial charge in [0.25, 0.3) is 5.91 Å². The van der Waals surface area contributed by atoms with Crippen LogP contribution in [-0.2, 0) is 11.1 Å². The van der Waals surface area contributed by atoms with Gasteiger partial charge in [0.05, 0.1) is 17.7 Å². The third kappa shape index (κ3) is 3.19. The normalized spacial score (nSPS) is 11.7. The molecular weight excluding hydrogens is 280 g/mol. The average Bonchev–Trinajstić information content (AvgIpc) is 2.48. The second kappa shape index (κ2) is 6.27. The lowest BCUT2D eigenvalue weighted by atomic mass is 10.2. The minimum absolute atomic E-state index is 0.169. The number of carbonyl (C=O) groups excluding carboxylic acids is 1. The Labute approximate surface area is 118 Å². The summed E-state index contributed by atoms with van der Waals surface area (Å²) in [7, 11) is 1.45. The Morgan fingerprint density at radius 2 is 2.15 bits per heavy atom. The first-order valence-corrected chi connectivity index (χ1v) is 6.74. The molecule has 20 heavy (non-hydrogen) atoms. The van der Waals surface area contributed by atoms with Crippen LogP contribution in [0.5, 0.6) is 5.75 Å². The molecule has 0 radical (unpaired) electrons. The Kier molecular flexibility index (Phi) is 4.44. The first-order valence-electron chi connectivity index (χ1n) is 5.63. The molecule has 2 rings (SSSR count). The van der Waals surface area contributed by atoms with E-state index in [4.69, 9.17) is 9.29 Å². The van der Waals surface area contributed by atoms with Gasteiger partial charge in [-0.25, -0.2) is 4.21 Å². The Morgan fingerprint density at radius 3 is 2.75 bits per heavy atom. The third-order valence-electron chi connectivity index (χ3n) is 2.52. The van der Waals surface area contributed by atoms with Gasteiger partial charge in [-0.3, -0.25) is 9.78 Å². The number of nitrogens with one attached hydrogen (secondary N) is 1. The van der Waals surface area contributed by atoms with Crippen molar-refractivity contribution in [3.8, 4) is 5.75 Å². The smallest absolute Gasteiger partial charge is 0.274 e. The summed E-state index contributed by atoms with van der Waals surface area (Å²) < 4.78 is 25.2. The highest BCUT2D eigenvalue weighted by molar-refractivity contribution is 7.79. The fraction of sp³-hybridized carbons (Fsp3) is 0.0769. The monoisotopic (exact) mass is 292 g/mol. The minimum Gasteiger partial charge on any atom is -0.495 e. The summed E-state index contributed by atoms with van der Waals surface area (Å²) in [5, 5.41) is 2.60. The van der Waals surface area contributed by atoms with Gasteiger partial charge in [-0.15, -0.1) is 0 Å². The first kappa shape index (κ1) is 14.2. The van der Waals surface area contributed by atoms with E-state index in [2.05, 4.69) is 10.3 Å². The predicted octanol–water partition coefficient (Wildman–Crippen LogP) is 1.92. The molecule has 1 aromatic carbocycles. The van der Waals surface area contributed by atoms with Crippen LogP contribution in [0.15, 0.2) is 47.5 Å². The van der Waals surface area contributed by atoms with Gasteiger partial charge in [0.2, 0.25) is 0 Å². The summed E-state index contributed by atoms with van der Waals surface area (Å²) in [4.78, 5) is 16.1. The van der Waals surface area contributed by atoms with Crippen LogP contribution >= 0.6 is 0 Å². The number of benzene rings is 1. The van der Waals surface area contributed by atoms with E-state index in [9.17, 15) is 9.00 Å². The van der Waals surface area contributed by atoms with E-state index < -0.39 is 17.0 Å². The van der Waals surface area contributed by atoms with Crippen LogP contribution in [0.2, 0.25) is 0 Å². The molecule has 104 valence electrons. The zero-order valence-corrected chi connectivity index (χ0v) is 11.4. The second-order valence-electron chi connectivity index (χ2n) is 3.78. The van der Waals surface area contributed by atoms with Gasteiger partial charge in [-0.2, -0.15) is 0 Å². The molecule has 0 aliphatic heterocycles. The summed E-state index contributed by atoms with van der Waals surface area (Å²) in [6, 6.07) is 9.31. The highest BCUT2D eigenvalue weighted by atomic mass is 32.2. The van der Waals surface area contributed by atoms with Crippen molar-refractivity contribution in [3.63, 3.8) is 0 Å². The lowest BCUT2D eigenvalue weighted by molar-refractivity contribution is 0.102. The first-order chi connectivity index (χ1) is 9.61. The summed E-state index contributed by atoms with van der Waals surface area (Å²) in [5.74, 6) is -0.0340. The molecule has 7 heteroatoms. The molecule has 0 spiro atoms. The predicted molar refractivity (Wildman–Crippen MR) is 74.2 cm³/mol. The van der Waals surface area contributed by atoms with Crippen molar-refractivity contribution in [1.82, 2.24) is 4.98 Å². The van der Waals surface area contributed by atoms with Gasteiger partial charge in [0.15, 0.2) is 11.1 Å². The van der Waals surface area contributed by atoms with E-state index in [1.165, 1.54) is 31.5 Å². The number of hydrogen-bond acceptors (Lipinski definition) is 4. The molecule has 1 amide bonds. The van der Waals surface area contributed by atoms with Crippen LogP contribution < -0.4 is 10.1 Å². The van der Waals surface area contributed by atoms with Crippen LogP contribution in [-0.4, -0.2) is 26.8 Å². The van der Waals surface area contributed by atoms with Gasteiger partial charge in [-0.05, 0) is 30.3 Å². The zero-order valence-electron chi connectivity index (χ0n) is 10.6. The maximum Gasteiger partial charge on any atom is 0.274 e. The number of carbonyl (C=O) groups is 1. The lowest BCUT2D eigenvalue weighted by Gasteiger charge is -2.10. The van der Waals surface area contributed by atoms with Gasteiger partial charge in [0.1, 0.15) is 11.4 Å². The number of methoxy groups -OCH3 is 1. The van der Waals surface area contributed by atoms with Crippen molar-refractivity contribution in [2.75, 3.05) is 12.4 Å². The Balaban J connectivity index is 2.30. The van der Waals surface area contributed by atoms with Crippen molar-refractivity contribution >= 4 is 22.7 Å². The van der Waals surface area contributed by atoms with Gasteiger partial charge in [-0.1, -0.05) is 6.07 Å². The molecule has 0 saturated carbocycles. The number of amides is 1. The number of anilines is 1. The number of ether oxygens (including phenoxy) is 1. The van der Waals surface area contributed by atoms with Gasteiger partial charge >= 0.3 is 0 Å². The Bertz CT molecular complexity index is 646. The van der Waals surface area contributed by atoms with Crippen LogP contribution in [0, 0.1) is 0 Å². The average molecular weight is 292 g/mol. The SMILES string of the molecule is COc1ccc(S(=O)O)cc1NC(=O)c1ccccn1. The van der Waals surface area contributed by atoms with E-state index in [1.54, 1.807) is 18.2 Å². The summed E-state index contributed by atoms with van der Waals surface area (Å²) in [5.41, 5.74) is 0.549. The lowest BCUT2D eigenvalue weighted by Crippen LogP contribution is -2.14. The van der Waals surface area contributed by atoms with Crippen LogP contribution in [0.25, 0.3) is 0 Å². The standard InChI is InChI=1S/C13H12N2O4S/c1-19-12-6-5-9(20(17)18)8-11(12)15-13(16)10-4-2-3-7-14-10/h2-8H,1H3,(H,15,16)(H,17,18). The van der Waals surface area contributed by atoms with Crippen LogP contribution in [0.4, 0.5) is 5.69 Å². The molecule has 2 N–H and O–H groups in total. The maximum absolute atomic E-state index is 12.0. The molecule has 1 aromatic heterocycles. The van der Waals surface area contributed by atoms with Crippen molar-refractivity contribution in [1.29, 1.82) is 0 Å². The highest BCUT2D eigenvalue weighted by Gasteiger charge is 2.12. The van der Waals surface area contributed by atoms with Crippen LogP contribution in [0.3, 0.4) is 0 Å². The van der Waals surface area contributed by atoms with Gasteiger partial charge < -0.3 is 14.6 Å².